The van der Waals surface area contributed by atoms with Crippen LogP contribution in [-0.4, -0.2) is 31.8 Å². The number of methoxy groups -OCH3 is 1. The van der Waals surface area contributed by atoms with Crippen molar-refractivity contribution >= 4 is 11.9 Å². The Kier molecular flexibility index (Phi) is 8.40. The number of esters is 2. The van der Waals surface area contributed by atoms with Crippen LogP contribution in [0.2, 0.25) is 0 Å². The van der Waals surface area contributed by atoms with E-state index in [9.17, 15) is 14.0 Å². The maximum atomic E-state index is 15.0. The van der Waals surface area contributed by atoms with Gasteiger partial charge in [-0.05, 0) is 39.3 Å². The summed E-state index contributed by atoms with van der Waals surface area (Å²) in [7, 11) is 1.50. The fourth-order valence-corrected chi connectivity index (χ4v) is 4.06. The number of benzene rings is 2. The highest BCUT2D eigenvalue weighted by atomic mass is 19.2. The Bertz CT molecular complexity index is 1160. The van der Waals surface area contributed by atoms with Crippen molar-refractivity contribution in [3.05, 3.63) is 93.8 Å². The third-order valence-corrected chi connectivity index (χ3v) is 5.66. The van der Waals surface area contributed by atoms with Gasteiger partial charge in [-0.3, -0.25) is 0 Å². The van der Waals surface area contributed by atoms with Crippen molar-refractivity contribution in [3.8, 4) is 0 Å². The van der Waals surface area contributed by atoms with E-state index in [2.05, 4.69) is 5.32 Å². The number of rotatable bonds is 8. The summed E-state index contributed by atoms with van der Waals surface area (Å²) in [5.41, 5.74) is 1.36. The van der Waals surface area contributed by atoms with Gasteiger partial charge < -0.3 is 19.5 Å². The lowest BCUT2D eigenvalue weighted by Gasteiger charge is -2.31. The number of hydrogen-bond acceptors (Lipinski definition) is 6. The van der Waals surface area contributed by atoms with E-state index in [4.69, 9.17) is 14.2 Å². The van der Waals surface area contributed by atoms with E-state index in [1.807, 2.05) is 30.3 Å². The average molecular weight is 486 g/mol. The molecule has 8 heteroatoms. The first-order chi connectivity index (χ1) is 16.6. The van der Waals surface area contributed by atoms with Crippen LogP contribution in [0.25, 0.3) is 0 Å². The van der Waals surface area contributed by atoms with E-state index in [1.54, 1.807) is 27.7 Å². The van der Waals surface area contributed by atoms with Crippen LogP contribution in [0.5, 0.6) is 0 Å². The van der Waals surface area contributed by atoms with Crippen LogP contribution in [0.15, 0.2) is 71.1 Å². The van der Waals surface area contributed by atoms with Gasteiger partial charge in [0.05, 0.1) is 23.2 Å². The molecule has 0 aliphatic carbocycles. The molecule has 2 aromatic rings. The smallest absolute Gasteiger partial charge is 0.337 e. The van der Waals surface area contributed by atoms with E-state index in [1.165, 1.54) is 19.2 Å². The van der Waals surface area contributed by atoms with Gasteiger partial charge in [-0.25, -0.2) is 18.4 Å². The van der Waals surface area contributed by atoms with Crippen molar-refractivity contribution in [2.45, 2.75) is 45.8 Å². The molecule has 1 aliphatic heterocycles. The Hall–Kier alpha value is -3.52. The molecular formula is C27H29F2NO5. The molecule has 3 rings (SSSR count). The molecule has 1 aliphatic rings. The SMILES string of the molecule is COC(COC(=O)C1=C(C)NC(C)=C(C(=O)OC(C)C)C1c1cccc(F)c1F)c1ccccc1. The lowest BCUT2D eigenvalue weighted by Crippen LogP contribution is -2.34. The van der Waals surface area contributed by atoms with Crippen LogP contribution < -0.4 is 5.32 Å². The second kappa shape index (κ2) is 11.3. The molecule has 2 atom stereocenters. The van der Waals surface area contributed by atoms with Crippen molar-refractivity contribution in [1.82, 2.24) is 5.32 Å². The summed E-state index contributed by atoms with van der Waals surface area (Å²) in [4.78, 5) is 26.4. The van der Waals surface area contributed by atoms with Gasteiger partial charge in [0.2, 0.25) is 0 Å². The first kappa shape index (κ1) is 26.1. The van der Waals surface area contributed by atoms with E-state index < -0.39 is 41.7 Å². The van der Waals surface area contributed by atoms with Crippen LogP contribution in [-0.2, 0) is 23.8 Å². The van der Waals surface area contributed by atoms with Gasteiger partial charge >= 0.3 is 11.9 Å². The average Bonchev–Trinajstić information content (AvgIpc) is 2.80. The van der Waals surface area contributed by atoms with Crippen molar-refractivity contribution < 1.29 is 32.6 Å². The summed E-state index contributed by atoms with van der Waals surface area (Å²) in [5, 5.41) is 2.99. The molecule has 2 unspecified atom stereocenters. The minimum absolute atomic E-state index is 0.00657. The zero-order valence-corrected chi connectivity index (χ0v) is 20.4. The van der Waals surface area contributed by atoms with Gasteiger partial charge in [0.15, 0.2) is 11.6 Å². The van der Waals surface area contributed by atoms with E-state index in [0.29, 0.717) is 11.4 Å². The lowest BCUT2D eigenvalue weighted by molar-refractivity contribution is -0.143. The van der Waals surface area contributed by atoms with E-state index in [0.717, 1.165) is 11.6 Å². The lowest BCUT2D eigenvalue weighted by atomic mass is 9.80. The summed E-state index contributed by atoms with van der Waals surface area (Å²) in [6, 6.07) is 12.8. The Labute approximate surface area is 203 Å². The molecule has 35 heavy (non-hydrogen) atoms. The number of hydrogen-bond donors (Lipinski definition) is 1. The van der Waals surface area contributed by atoms with Gasteiger partial charge in [0.25, 0.3) is 0 Å². The number of halogens is 2. The molecule has 0 spiro atoms. The second-order valence-corrected chi connectivity index (χ2v) is 8.47. The first-order valence-electron chi connectivity index (χ1n) is 11.2. The highest BCUT2D eigenvalue weighted by Crippen LogP contribution is 2.41. The number of nitrogens with one attached hydrogen (secondary N) is 1. The number of carbonyl (C=O) groups is 2. The summed E-state index contributed by atoms with van der Waals surface area (Å²) < 4.78 is 45.6. The maximum Gasteiger partial charge on any atom is 0.337 e. The molecule has 0 saturated carbocycles. The van der Waals surface area contributed by atoms with E-state index >= 15 is 4.39 Å². The minimum atomic E-state index is -1.23. The Morgan fingerprint density at radius 1 is 0.943 bits per heavy atom. The molecule has 1 N–H and O–H groups in total. The summed E-state index contributed by atoms with van der Waals surface area (Å²) >= 11 is 0. The molecule has 6 nitrogen and oxygen atoms in total. The molecular weight excluding hydrogens is 456 g/mol. The summed E-state index contributed by atoms with van der Waals surface area (Å²) in [6.07, 6.45) is -0.999. The first-order valence-corrected chi connectivity index (χ1v) is 11.2. The van der Waals surface area contributed by atoms with Crippen LogP contribution >= 0.6 is 0 Å². The highest BCUT2D eigenvalue weighted by Gasteiger charge is 2.40. The minimum Gasteiger partial charge on any atom is -0.460 e. The summed E-state index contributed by atoms with van der Waals surface area (Å²) in [5.74, 6) is -5.01. The van der Waals surface area contributed by atoms with Gasteiger partial charge in [-0.1, -0.05) is 42.5 Å². The summed E-state index contributed by atoms with van der Waals surface area (Å²) in [6.45, 7) is 6.45. The molecule has 0 saturated heterocycles. The van der Waals surface area contributed by atoms with Gasteiger partial charge in [0.1, 0.15) is 12.7 Å². The fraction of sp³-hybridized carbons (Fsp3) is 0.333. The van der Waals surface area contributed by atoms with Crippen molar-refractivity contribution in [1.29, 1.82) is 0 Å². The molecule has 0 amide bonds. The Balaban J connectivity index is 2.01. The van der Waals surface area contributed by atoms with Crippen LogP contribution in [0.3, 0.4) is 0 Å². The zero-order valence-electron chi connectivity index (χ0n) is 20.4. The van der Waals surface area contributed by atoms with Crippen molar-refractivity contribution in [3.63, 3.8) is 0 Å². The van der Waals surface area contributed by atoms with Gasteiger partial charge in [-0.15, -0.1) is 0 Å². The van der Waals surface area contributed by atoms with Crippen LogP contribution in [0.4, 0.5) is 8.78 Å². The molecule has 1 heterocycles. The molecule has 0 fully saturated rings. The predicted octanol–water partition coefficient (Wildman–Crippen LogP) is 5.08. The van der Waals surface area contributed by atoms with Crippen molar-refractivity contribution in [2.24, 2.45) is 0 Å². The predicted molar refractivity (Wildman–Crippen MR) is 126 cm³/mol. The molecule has 0 radical (unpaired) electrons. The van der Waals surface area contributed by atoms with Crippen molar-refractivity contribution in [2.75, 3.05) is 13.7 Å². The number of dihydropyridines is 1. The molecule has 186 valence electrons. The second-order valence-electron chi connectivity index (χ2n) is 8.47. The largest absolute Gasteiger partial charge is 0.460 e. The standard InChI is InChI=1S/C27H29F2NO5/c1-15(2)35-27(32)23-17(4)30-16(3)22(24(23)19-12-9-13-20(28)25(19)29)26(31)34-14-21(33-5)18-10-7-6-8-11-18/h6-13,15,21,24,30H,14H2,1-5H3. The molecule has 0 bridgehead atoms. The third-order valence-electron chi connectivity index (χ3n) is 5.66. The maximum absolute atomic E-state index is 15.0. The normalized spacial score (nSPS) is 16.7. The fourth-order valence-electron chi connectivity index (χ4n) is 4.06. The quantitative estimate of drug-likeness (QED) is 0.526. The molecule has 2 aromatic carbocycles. The van der Waals surface area contributed by atoms with Gasteiger partial charge in [0, 0.05) is 24.1 Å². The van der Waals surface area contributed by atoms with Gasteiger partial charge in [-0.2, -0.15) is 0 Å². The molecule has 0 aromatic heterocycles. The Morgan fingerprint density at radius 3 is 2.17 bits per heavy atom. The van der Waals surface area contributed by atoms with Crippen LogP contribution in [0, 0.1) is 11.6 Å². The van der Waals surface area contributed by atoms with Crippen LogP contribution in [0.1, 0.15) is 50.8 Å². The number of ether oxygens (including phenoxy) is 3. The monoisotopic (exact) mass is 485 g/mol. The zero-order chi connectivity index (χ0) is 25.7. The topological polar surface area (TPSA) is 73.9 Å². The Morgan fingerprint density at radius 2 is 1.57 bits per heavy atom. The number of allylic oxidation sites excluding steroid dienone is 2. The number of carbonyl (C=O) groups excluding carboxylic acids is 2. The van der Waals surface area contributed by atoms with E-state index in [-0.39, 0.29) is 23.3 Å². The third kappa shape index (κ3) is 5.77. The highest BCUT2D eigenvalue weighted by molar-refractivity contribution is 6.00.